The molecule has 4 heteroatoms. The fourth-order valence-corrected chi connectivity index (χ4v) is 1.21. The molecule has 1 N–H and O–H groups in total. The molecule has 0 aliphatic heterocycles. The van der Waals surface area contributed by atoms with Crippen molar-refractivity contribution in [3.05, 3.63) is 0 Å². The van der Waals surface area contributed by atoms with E-state index in [1.807, 2.05) is 0 Å². The van der Waals surface area contributed by atoms with E-state index in [2.05, 4.69) is 33.8 Å². The summed E-state index contributed by atoms with van der Waals surface area (Å²) < 4.78 is 0. The maximum absolute atomic E-state index is 8.32. The SMILES string of the molecule is CC(C)[NH+](OCCC#N)C(C)C.[Cl-]. The van der Waals surface area contributed by atoms with Crippen molar-refractivity contribution in [3.63, 3.8) is 0 Å². The summed E-state index contributed by atoms with van der Waals surface area (Å²) in [5.74, 6) is 0. The minimum atomic E-state index is 0. The highest BCUT2D eigenvalue weighted by Gasteiger charge is 2.17. The topological polar surface area (TPSA) is 37.5 Å². The summed E-state index contributed by atoms with van der Waals surface area (Å²) in [4.78, 5) is 5.50. The van der Waals surface area contributed by atoms with Gasteiger partial charge in [-0.15, -0.1) is 0 Å². The van der Waals surface area contributed by atoms with E-state index in [1.165, 1.54) is 0 Å². The van der Waals surface area contributed by atoms with E-state index in [-0.39, 0.29) is 12.4 Å². The molecular formula is C9H19ClN2O. The highest BCUT2D eigenvalue weighted by Crippen LogP contribution is 1.80. The van der Waals surface area contributed by atoms with Crippen molar-refractivity contribution in [3.8, 4) is 6.07 Å². The van der Waals surface area contributed by atoms with Gasteiger partial charge in [0.05, 0.1) is 12.5 Å². The molecule has 0 aliphatic rings. The Morgan fingerprint density at radius 3 is 2.00 bits per heavy atom. The molecule has 0 saturated heterocycles. The van der Waals surface area contributed by atoms with E-state index >= 15 is 0 Å². The van der Waals surface area contributed by atoms with E-state index in [1.54, 1.807) is 0 Å². The van der Waals surface area contributed by atoms with Gasteiger partial charge in [-0.2, -0.15) is 10.3 Å². The lowest BCUT2D eigenvalue weighted by Crippen LogP contribution is -3.17. The highest BCUT2D eigenvalue weighted by molar-refractivity contribution is 4.66. The summed E-state index contributed by atoms with van der Waals surface area (Å²) in [5, 5.41) is 9.42. The zero-order valence-electron chi connectivity index (χ0n) is 8.80. The first kappa shape index (κ1) is 15.2. The lowest BCUT2D eigenvalue weighted by atomic mass is 10.3. The van der Waals surface area contributed by atoms with Crippen molar-refractivity contribution in [2.75, 3.05) is 6.61 Å². The van der Waals surface area contributed by atoms with Gasteiger partial charge in [0, 0.05) is 0 Å². The summed E-state index contributed by atoms with van der Waals surface area (Å²) in [6.45, 7) is 8.98. The first-order valence-corrected chi connectivity index (χ1v) is 4.46. The number of nitriles is 1. The molecule has 0 aromatic heterocycles. The number of rotatable bonds is 5. The summed E-state index contributed by atoms with van der Waals surface area (Å²) in [6.07, 6.45) is 0.475. The smallest absolute Gasteiger partial charge is 0.119 e. The van der Waals surface area contributed by atoms with E-state index in [0.29, 0.717) is 25.1 Å². The molecule has 0 spiro atoms. The molecule has 0 rings (SSSR count). The number of hydroxylamine groups is 2. The van der Waals surface area contributed by atoms with Crippen LogP contribution >= 0.6 is 0 Å². The molecule has 3 nitrogen and oxygen atoms in total. The lowest BCUT2D eigenvalue weighted by Gasteiger charge is -2.24. The van der Waals surface area contributed by atoms with E-state index in [4.69, 9.17) is 10.1 Å². The zero-order chi connectivity index (χ0) is 9.56. The van der Waals surface area contributed by atoms with Crippen molar-refractivity contribution in [2.45, 2.75) is 46.2 Å². The summed E-state index contributed by atoms with van der Waals surface area (Å²) in [5.41, 5.74) is 0. The molecule has 0 aromatic rings. The van der Waals surface area contributed by atoms with Crippen molar-refractivity contribution in [1.29, 1.82) is 5.26 Å². The molecule has 0 amide bonds. The maximum atomic E-state index is 8.32. The Bertz CT molecular complexity index is 146. The van der Waals surface area contributed by atoms with Crippen LogP contribution < -0.4 is 17.5 Å². The Labute approximate surface area is 87.0 Å². The van der Waals surface area contributed by atoms with Gasteiger partial charge >= 0.3 is 0 Å². The first-order valence-electron chi connectivity index (χ1n) is 4.46. The number of nitrogens with zero attached hydrogens (tertiary/aromatic N) is 1. The molecule has 0 saturated carbocycles. The zero-order valence-corrected chi connectivity index (χ0v) is 9.56. The molecule has 78 valence electrons. The van der Waals surface area contributed by atoms with Gasteiger partial charge in [-0.1, -0.05) is 0 Å². The molecule has 0 atom stereocenters. The fraction of sp³-hybridized carbons (Fsp3) is 0.889. The molecule has 0 heterocycles. The van der Waals surface area contributed by atoms with Crippen molar-refractivity contribution >= 4 is 0 Å². The minimum absolute atomic E-state index is 0. The first-order chi connectivity index (χ1) is 5.59. The van der Waals surface area contributed by atoms with Crippen LogP contribution in [-0.4, -0.2) is 18.7 Å². The molecule has 0 unspecified atom stereocenters. The van der Waals surface area contributed by atoms with Crippen LogP contribution in [0.1, 0.15) is 34.1 Å². The number of hydrogen-bond acceptors (Lipinski definition) is 2. The second-order valence-corrected chi connectivity index (χ2v) is 3.47. The predicted molar refractivity (Wildman–Crippen MR) is 47.4 cm³/mol. The second-order valence-electron chi connectivity index (χ2n) is 3.47. The van der Waals surface area contributed by atoms with Gasteiger partial charge in [-0.25, -0.2) is 4.84 Å². The van der Waals surface area contributed by atoms with E-state index < -0.39 is 0 Å². The van der Waals surface area contributed by atoms with Crippen LogP contribution in [0.15, 0.2) is 0 Å². The molecule has 0 aromatic carbocycles. The Kier molecular flexibility index (Phi) is 9.70. The van der Waals surface area contributed by atoms with Gasteiger partial charge in [0.2, 0.25) is 0 Å². The number of quaternary nitrogens is 1. The Morgan fingerprint density at radius 1 is 1.23 bits per heavy atom. The Hall–Kier alpha value is -0.300. The molecule has 13 heavy (non-hydrogen) atoms. The van der Waals surface area contributed by atoms with Gasteiger partial charge in [0.15, 0.2) is 0 Å². The van der Waals surface area contributed by atoms with Gasteiger partial charge in [0.1, 0.15) is 18.7 Å². The van der Waals surface area contributed by atoms with E-state index in [0.717, 1.165) is 5.06 Å². The van der Waals surface area contributed by atoms with Crippen LogP contribution in [0.4, 0.5) is 0 Å². The largest absolute Gasteiger partial charge is 1.00 e. The third kappa shape index (κ3) is 6.83. The standard InChI is InChI=1S/C9H18N2O.ClH/c1-8(2)11(9(3)4)12-7-5-6-10;/h8-9H,5,7H2,1-4H3;1H. The average molecular weight is 207 g/mol. The van der Waals surface area contributed by atoms with Crippen LogP contribution in [0, 0.1) is 11.3 Å². The third-order valence-electron chi connectivity index (χ3n) is 1.62. The fourth-order valence-electron chi connectivity index (χ4n) is 1.21. The van der Waals surface area contributed by atoms with Crippen LogP contribution in [0.2, 0.25) is 0 Å². The molecule has 0 fully saturated rings. The van der Waals surface area contributed by atoms with Crippen LogP contribution in [0.5, 0.6) is 0 Å². The number of halogens is 1. The van der Waals surface area contributed by atoms with Crippen LogP contribution in [0.3, 0.4) is 0 Å². The van der Waals surface area contributed by atoms with Gasteiger partial charge in [-0.3, -0.25) is 0 Å². The normalized spacial score (nSPS) is 10.3. The quantitative estimate of drug-likeness (QED) is 0.400. The Morgan fingerprint density at radius 2 is 1.69 bits per heavy atom. The predicted octanol–water partition coefficient (Wildman–Crippen LogP) is -2.46. The molecule has 0 bridgehead atoms. The van der Waals surface area contributed by atoms with Crippen molar-refractivity contribution in [1.82, 2.24) is 0 Å². The summed E-state index contributed by atoms with van der Waals surface area (Å²) in [6, 6.07) is 2.96. The highest BCUT2D eigenvalue weighted by atomic mass is 35.5. The summed E-state index contributed by atoms with van der Waals surface area (Å²) in [7, 11) is 0. The average Bonchev–Trinajstić information content (AvgIpc) is 1.96. The molecular weight excluding hydrogens is 188 g/mol. The maximum Gasteiger partial charge on any atom is 0.119 e. The van der Waals surface area contributed by atoms with Crippen LogP contribution in [-0.2, 0) is 4.84 Å². The third-order valence-corrected chi connectivity index (χ3v) is 1.62. The van der Waals surface area contributed by atoms with Crippen molar-refractivity contribution < 1.29 is 22.3 Å². The van der Waals surface area contributed by atoms with Gasteiger partial charge in [-0.05, 0) is 27.7 Å². The number of hydrogen-bond donors (Lipinski definition) is 1. The van der Waals surface area contributed by atoms with Gasteiger partial charge < -0.3 is 12.4 Å². The van der Waals surface area contributed by atoms with E-state index in [9.17, 15) is 0 Å². The monoisotopic (exact) mass is 206 g/mol. The van der Waals surface area contributed by atoms with Crippen LogP contribution in [0.25, 0.3) is 0 Å². The molecule has 0 aliphatic carbocycles. The Balaban J connectivity index is 0. The minimum Gasteiger partial charge on any atom is -1.00 e. The van der Waals surface area contributed by atoms with Crippen molar-refractivity contribution in [2.24, 2.45) is 0 Å². The summed E-state index contributed by atoms with van der Waals surface area (Å²) >= 11 is 0. The molecule has 0 radical (unpaired) electrons. The number of nitrogens with one attached hydrogen (secondary N) is 1. The second kappa shape index (κ2) is 8.31. The van der Waals surface area contributed by atoms with Gasteiger partial charge in [0.25, 0.3) is 0 Å². The lowest BCUT2D eigenvalue weighted by molar-refractivity contribution is -1.12.